The van der Waals surface area contributed by atoms with Crippen LogP contribution < -0.4 is 5.73 Å². The first-order chi connectivity index (χ1) is 10.2. The molecule has 0 fully saturated rings. The molecule has 7 heteroatoms. The van der Waals surface area contributed by atoms with Crippen LogP contribution in [-0.2, 0) is 4.79 Å². The Morgan fingerprint density at radius 3 is 2.27 bits per heavy atom. The van der Waals surface area contributed by atoms with Crippen LogP contribution in [0.4, 0.5) is 18.9 Å². The quantitative estimate of drug-likeness (QED) is 0.792. The third-order valence-electron chi connectivity index (χ3n) is 3.39. The summed E-state index contributed by atoms with van der Waals surface area (Å²) in [6, 6.07) is 4.41. The van der Waals surface area contributed by atoms with Gasteiger partial charge in [-0.2, -0.15) is 13.2 Å². The predicted molar refractivity (Wildman–Crippen MR) is 78.2 cm³/mol. The van der Waals surface area contributed by atoms with E-state index in [0.717, 1.165) is 4.90 Å². The number of alkyl halides is 3. The highest BCUT2D eigenvalue weighted by atomic mass is 19.4. The van der Waals surface area contributed by atoms with Crippen LogP contribution >= 0.6 is 0 Å². The summed E-state index contributed by atoms with van der Waals surface area (Å²) in [5.74, 6) is -3.31. The highest BCUT2D eigenvalue weighted by Gasteiger charge is 2.48. The average Bonchev–Trinajstić information content (AvgIpc) is 2.44. The minimum atomic E-state index is -4.71. The average molecular weight is 318 g/mol. The fourth-order valence-electron chi connectivity index (χ4n) is 2.21. The van der Waals surface area contributed by atoms with Gasteiger partial charge in [0.1, 0.15) is 0 Å². The van der Waals surface area contributed by atoms with Gasteiger partial charge in [-0.05, 0) is 31.0 Å². The summed E-state index contributed by atoms with van der Waals surface area (Å²) in [5, 5.41) is 9.18. The summed E-state index contributed by atoms with van der Waals surface area (Å²) in [7, 11) is 0. The van der Waals surface area contributed by atoms with E-state index in [2.05, 4.69) is 0 Å². The molecule has 0 aliphatic heterocycles. The number of nitrogen functional groups attached to an aromatic ring is 1. The summed E-state index contributed by atoms with van der Waals surface area (Å²) in [5.41, 5.74) is 5.65. The normalized spacial score (nSPS) is 14.5. The van der Waals surface area contributed by atoms with Crippen molar-refractivity contribution in [2.24, 2.45) is 0 Å². The second-order valence-corrected chi connectivity index (χ2v) is 5.20. The second-order valence-electron chi connectivity index (χ2n) is 5.20. The molecule has 1 rings (SSSR count). The van der Waals surface area contributed by atoms with Crippen molar-refractivity contribution >= 4 is 11.6 Å². The van der Waals surface area contributed by atoms with Gasteiger partial charge >= 0.3 is 6.18 Å². The third-order valence-corrected chi connectivity index (χ3v) is 3.39. The number of nitrogens with two attached hydrogens (primary N) is 1. The number of aliphatic hydroxyl groups excluding tert-OH is 1. The van der Waals surface area contributed by atoms with Crippen LogP contribution in [0.25, 0.3) is 0 Å². The maximum Gasteiger partial charge on any atom is 0.404 e. The SMILES string of the molecule is CCCN(C(=O)C(c1ccc(N)cc1)C(F)(F)F)C(C)CO. The van der Waals surface area contributed by atoms with Crippen LogP contribution in [0.3, 0.4) is 0 Å². The fourth-order valence-corrected chi connectivity index (χ4v) is 2.21. The molecule has 1 amide bonds. The lowest BCUT2D eigenvalue weighted by molar-refractivity contribution is -0.173. The van der Waals surface area contributed by atoms with Gasteiger partial charge < -0.3 is 15.7 Å². The fraction of sp³-hybridized carbons (Fsp3) is 0.533. The van der Waals surface area contributed by atoms with Crippen LogP contribution in [0.15, 0.2) is 24.3 Å². The molecule has 4 nitrogen and oxygen atoms in total. The number of rotatable bonds is 6. The van der Waals surface area contributed by atoms with Gasteiger partial charge in [-0.15, -0.1) is 0 Å². The molecule has 2 unspecified atom stereocenters. The van der Waals surface area contributed by atoms with Crippen molar-refractivity contribution in [2.75, 3.05) is 18.9 Å². The highest BCUT2D eigenvalue weighted by molar-refractivity contribution is 5.85. The molecular weight excluding hydrogens is 297 g/mol. The molecule has 0 aliphatic rings. The Morgan fingerprint density at radius 2 is 1.86 bits per heavy atom. The molecule has 0 aliphatic carbocycles. The van der Waals surface area contributed by atoms with Gasteiger partial charge in [-0.3, -0.25) is 4.79 Å². The van der Waals surface area contributed by atoms with Crippen LogP contribution in [-0.4, -0.2) is 41.3 Å². The number of halogens is 3. The topological polar surface area (TPSA) is 66.6 Å². The lowest BCUT2D eigenvalue weighted by Crippen LogP contribution is -2.47. The summed E-state index contributed by atoms with van der Waals surface area (Å²) >= 11 is 0. The Bertz CT molecular complexity index is 489. The van der Waals surface area contributed by atoms with Crippen LogP contribution in [0.5, 0.6) is 0 Å². The van der Waals surface area contributed by atoms with Crippen molar-refractivity contribution in [1.82, 2.24) is 4.90 Å². The van der Waals surface area contributed by atoms with Gasteiger partial charge in [0, 0.05) is 12.2 Å². The van der Waals surface area contributed by atoms with E-state index in [1.54, 1.807) is 6.92 Å². The molecule has 1 aromatic carbocycles. The Hall–Kier alpha value is -1.76. The van der Waals surface area contributed by atoms with Crippen LogP contribution in [0.1, 0.15) is 31.7 Å². The zero-order chi connectivity index (χ0) is 16.9. The van der Waals surface area contributed by atoms with Crippen LogP contribution in [0.2, 0.25) is 0 Å². The first-order valence-electron chi connectivity index (χ1n) is 7.05. The Labute approximate surface area is 127 Å². The minimum absolute atomic E-state index is 0.155. The maximum absolute atomic E-state index is 13.4. The number of aliphatic hydroxyl groups is 1. The van der Waals surface area contributed by atoms with E-state index in [0.29, 0.717) is 12.1 Å². The number of carbonyl (C=O) groups is 1. The summed E-state index contributed by atoms with van der Waals surface area (Å²) in [6.45, 7) is 3.04. The van der Waals surface area contributed by atoms with Crippen molar-refractivity contribution in [3.8, 4) is 0 Å². The first-order valence-corrected chi connectivity index (χ1v) is 7.05. The highest BCUT2D eigenvalue weighted by Crippen LogP contribution is 2.37. The second kappa shape index (κ2) is 7.49. The van der Waals surface area contributed by atoms with E-state index in [4.69, 9.17) is 5.73 Å². The van der Waals surface area contributed by atoms with E-state index in [1.807, 2.05) is 0 Å². The van der Waals surface area contributed by atoms with E-state index in [1.165, 1.54) is 31.2 Å². The minimum Gasteiger partial charge on any atom is -0.399 e. The standard InChI is InChI=1S/C15H21F3N2O2/c1-3-8-20(10(2)9-21)14(22)13(15(16,17)18)11-4-6-12(19)7-5-11/h4-7,10,13,21H,3,8-9,19H2,1-2H3. The molecule has 0 saturated carbocycles. The molecule has 0 heterocycles. The molecular formula is C15H21F3N2O2. The molecule has 1 aromatic rings. The van der Waals surface area contributed by atoms with E-state index in [-0.39, 0.29) is 12.1 Å². The number of amides is 1. The van der Waals surface area contributed by atoms with Crippen molar-refractivity contribution < 1.29 is 23.1 Å². The third kappa shape index (κ3) is 4.37. The molecule has 0 bridgehead atoms. The number of anilines is 1. The number of benzene rings is 1. The Kier molecular flexibility index (Phi) is 6.22. The monoisotopic (exact) mass is 318 g/mol. The van der Waals surface area contributed by atoms with E-state index in [9.17, 15) is 23.1 Å². The predicted octanol–water partition coefficient (Wildman–Crippen LogP) is 2.53. The molecule has 22 heavy (non-hydrogen) atoms. The molecule has 0 aromatic heterocycles. The number of nitrogens with zero attached hydrogens (tertiary/aromatic N) is 1. The number of hydrogen-bond acceptors (Lipinski definition) is 3. The molecule has 3 N–H and O–H groups in total. The summed E-state index contributed by atoms with van der Waals surface area (Å²) in [6.07, 6.45) is -4.21. The first kappa shape index (κ1) is 18.3. The van der Waals surface area contributed by atoms with Gasteiger partial charge in [0.15, 0.2) is 5.92 Å². The summed E-state index contributed by atoms with van der Waals surface area (Å²) in [4.78, 5) is 13.5. The van der Waals surface area contributed by atoms with Gasteiger partial charge in [-0.25, -0.2) is 0 Å². The number of carbonyl (C=O) groups excluding carboxylic acids is 1. The van der Waals surface area contributed by atoms with Crippen molar-refractivity contribution in [1.29, 1.82) is 0 Å². The lowest BCUT2D eigenvalue weighted by atomic mass is 9.96. The molecule has 2 atom stereocenters. The van der Waals surface area contributed by atoms with Crippen molar-refractivity contribution in [3.05, 3.63) is 29.8 Å². The maximum atomic E-state index is 13.4. The summed E-state index contributed by atoms with van der Waals surface area (Å²) < 4.78 is 40.2. The van der Waals surface area contributed by atoms with Crippen LogP contribution in [0, 0.1) is 0 Å². The van der Waals surface area contributed by atoms with Gasteiger partial charge in [0.2, 0.25) is 5.91 Å². The number of hydrogen-bond donors (Lipinski definition) is 2. The molecule has 0 spiro atoms. The zero-order valence-corrected chi connectivity index (χ0v) is 12.6. The van der Waals surface area contributed by atoms with Crippen molar-refractivity contribution in [2.45, 2.75) is 38.4 Å². The van der Waals surface area contributed by atoms with E-state index < -0.39 is 30.7 Å². The lowest BCUT2D eigenvalue weighted by Gasteiger charge is -2.32. The van der Waals surface area contributed by atoms with Gasteiger partial charge in [-0.1, -0.05) is 19.1 Å². The van der Waals surface area contributed by atoms with Gasteiger partial charge in [0.25, 0.3) is 0 Å². The largest absolute Gasteiger partial charge is 0.404 e. The molecule has 124 valence electrons. The molecule has 0 saturated heterocycles. The molecule has 0 radical (unpaired) electrons. The Morgan fingerprint density at radius 1 is 1.32 bits per heavy atom. The van der Waals surface area contributed by atoms with E-state index >= 15 is 0 Å². The Balaban J connectivity index is 3.20. The van der Waals surface area contributed by atoms with Gasteiger partial charge in [0.05, 0.1) is 12.6 Å². The van der Waals surface area contributed by atoms with Crippen molar-refractivity contribution in [3.63, 3.8) is 0 Å². The zero-order valence-electron chi connectivity index (χ0n) is 12.6. The smallest absolute Gasteiger partial charge is 0.399 e.